The first-order chi connectivity index (χ1) is 11.3. The molecule has 0 aliphatic carbocycles. The predicted octanol–water partition coefficient (Wildman–Crippen LogP) is 2.43. The molecule has 1 atom stereocenters. The topological polar surface area (TPSA) is 58.9 Å². The number of hydrogen-bond donors (Lipinski definition) is 1. The van der Waals surface area contributed by atoms with Crippen LogP contribution in [0.3, 0.4) is 0 Å². The number of amides is 1. The zero-order chi connectivity index (χ0) is 16.1. The third-order valence-corrected chi connectivity index (χ3v) is 4.36. The van der Waals surface area contributed by atoms with Crippen LogP contribution >= 0.6 is 0 Å². The van der Waals surface area contributed by atoms with Crippen LogP contribution in [0.4, 0.5) is 4.79 Å². The van der Waals surface area contributed by atoms with E-state index in [-0.39, 0.29) is 12.1 Å². The first-order valence-corrected chi connectivity index (χ1v) is 8.34. The summed E-state index contributed by atoms with van der Waals surface area (Å²) in [5.74, 6) is 0. The Morgan fingerprint density at radius 3 is 3.22 bits per heavy atom. The SMILES string of the molecule is CCNC(=O)OCC1CCCCN1Cc1cnn2ccccc12. The highest BCUT2D eigenvalue weighted by atomic mass is 16.5. The van der Waals surface area contributed by atoms with Crippen molar-refractivity contribution in [2.75, 3.05) is 19.7 Å². The molecule has 0 saturated carbocycles. The van der Waals surface area contributed by atoms with Gasteiger partial charge >= 0.3 is 6.09 Å². The highest BCUT2D eigenvalue weighted by Crippen LogP contribution is 2.21. The van der Waals surface area contributed by atoms with E-state index in [2.05, 4.69) is 21.4 Å². The van der Waals surface area contributed by atoms with E-state index < -0.39 is 0 Å². The van der Waals surface area contributed by atoms with Crippen molar-refractivity contribution < 1.29 is 9.53 Å². The molecule has 0 bridgehead atoms. The molecule has 6 heteroatoms. The maximum absolute atomic E-state index is 11.5. The number of carbonyl (C=O) groups is 1. The Morgan fingerprint density at radius 1 is 1.43 bits per heavy atom. The number of rotatable bonds is 5. The fraction of sp³-hybridized carbons (Fsp3) is 0.529. The quantitative estimate of drug-likeness (QED) is 0.920. The lowest BCUT2D eigenvalue weighted by Crippen LogP contribution is -2.43. The fourth-order valence-electron chi connectivity index (χ4n) is 3.15. The summed E-state index contributed by atoms with van der Waals surface area (Å²) in [6.07, 6.45) is 7.02. The Balaban J connectivity index is 1.65. The lowest BCUT2D eigenvalue weighted by Gasteiger charge is -2.35. The third kappa shape index (κ3) is 3.82. The Hall–Kier alpha value is -2.08. The Labute approximate surface area is 136 Å². The van der Waals surface area contributed by atoms with Crippen LogP contribution in [0.15, 0.2) is 30.6 Å². The second-order valence-corrected chi connectivity index (χ2v) is 5.95. The van der Waals surface area contributed by atoms with Crippen LogP contribution in [0, 0.1) is 0 Å². The number of likely N-dealkylation sites (tertiary alicyclic amines) is 1. The molecule has 6 nitrogen and oxygen atoms in total. The number of hydrogen-bond acceptors (Lipinski definition) is 4. The van der Waals surface area contributed by atoms with Crippen LogP contribution in [0.5, 0.6) is 0 Å². The molecule has 1 fully saturated rings. The van der Waals surface area contributed by atoms with Gasteiger partial charge in [-0.3, -0.25) is 4.90 Å². The van der Waals surface area contributed by atoms with E-state index in [1.807, 2.05) is 36.0 Å². The van der Waals surface area contributed by atoms with E-state index in [1.54, 1.807) is 0 Å². The van der Waals surface area contributed by atoms with Gasteiger partial charge < -0.3 is 10.1 Å². The smallest absolute Gasteiger partial charge is 0.407 e. The number of fused-ring (bicyclic) bond motifs is 1. The summed E-state index contributed by atoms with van der Waals surface area (Å²) in [5, 5.41) is 7.08. The van der Waals surface area contributed by atoms with Gasteiger partial charge in [-0.15, -0.1) is 0 Å². The van der Waals surface area contributed by atoms with E-state index >= 15 is 0 Å². The van der Waals surface area contributed by atoms with Crippen molar-refractivity contribution in [2.24, 2.45) is 0 Å². The van der Waals surface area contributed by atoms with Crippen molar-refractivity contribution in [3.8, 4) is 0 Å². The lowest BCUT2D eigenvalue weighted by molar-refractivity contribution is 0.0644. The number of piperidine rings is 1. The zero-order valence-electron chi connectivity index (χ0n) is 13.6. The summed E-state index contributed by atoms with van der Waals surface area (Å²) in [6.45, 7) is 4.81. The predicted molar refractivity (Wildman–Crippen MR) is 88.3 cm³/mol. The number of alkyl carbamates (subject to hydrolysis) is 1. The number of carbonyl (C=O) groups excluding carboxylic acids is 1. The molecule has 0 spiro atoms. The first kappa shape index (κ1) is 15.8. The standard InChI is InChI=1S/C17H24N4O2/c1-2-18-17(22)23-13-15-7-3-5-9-20(15)12-14-11-19-21-10-6-4-8-16(14)21/h4,6,8,10-11,15H,2-3,5,7,9,12-13H2,1H3,(H,18,22). The van der Waals surface area contributed by atoms with Crippen LogP contribution < -0.4 is 5.32 Å². The molecular formula is C17H24N4O2. The number of nitrogens with one attached hydrogen (secondary N) is 1. The van der Waals surface area contributed by atoms with Gasteiger partial charge in [0, 0.05) is 30.9 Å². The van der Waals surface area contributed by atoms with E-state index in [0.29, 0.717) is 13.2 Å². The lowest BCUT2D eigenvalue weighted by atomic mass is 10.0. The maximum atomic E-state index is 11.5. The van der Waals surface area contributed by atoms with Gasteiger partial charge in [-0.2, -0.15) is 5.10 Å². The monoisotopic (exact) mass is 316 g/mol. The minimum Gasteiger partial charge on any atom is -0.448 e. The summed E-state index contributed by atoms with van der Waals surface area (Å²) in [7, 11) is 0. The second kappa shape index (κ2) is 7.46. The van der Waals surface area contributed by atoms with Gasteiger partial charge in [0.05, 0.1) is 11.7 Å². The van der Waals surface area contributed by atoms with E-state index in [4.69, 9.17) is 4.74 Å². The minimum absolute atomic E-state index is 0.282. The van der Waals surface area contributed by atoms with E-state index in [1.165, 1.54) is 18.4 Å². The molecule has 3 heterocycles. The molecule has 1 N–H and O–H groups in total. The molecular weight excluding hydrogens is 292 g/mol. The molecule has 23 heavy (non-hydrogen) atoms. The molecule has 124 valence electrons. The summed E-state index contributed by atoms with van der Waals surface area (Å²) in [4.78, 5) is 13.9. The number of nitrogens with zero attached hydrogens (tertiary/aromatic N) is 3. The average molecular weight is 316 g/mol. The molecule has 1 unspecified atom stereocenters. The summed E-state index contributed by atoms with van der Waals surface area (Å²) < 4.78 is 7.25. The van der Waals surface area contributed by atoms with E-state index in [0.717, 1.165) is 25.0 Å². The maximum Gasteiger partial charge on any atom is 0.407 e. The van der Waals surface area contributed by atoms with Crippen molar-refractivity contribution in [2.45, 2.75) is 38.8 Å². The molecule has 0 radical (unpaired) electrons. The van der Waals surface area contributed by atoms with Gasteiger partial charge in [0.25, 0.3) is 0 Å². The molecule has 1 saturated heterocycles. The Morgan fingerprint density at radius 2 is 2.35 bits per heavy atom. The number of ether oxygens (including phenoxy) is 1. The van der Waals surface area contributed by atoms with Crippen LogP contribution in [0.1, 0.15) is 31.7 Å². The highest BCUT2D eigenvalue weighted by molar-refractivity contribution is 5.67. The zero-order valence-corrected chi connectivity index (χ0v) is 13.6. The van der Waals surface area contributed by atoms with Crippen molar-refractivity contribution in [1.29, 1.82) is 0 Å². The molecule has 3 rings (SSSR count). The van der Waals surface area contributed by atoms with Gasteiger partial charge in [0.2, 0.25) is 0 Å². The molecule has 2 aromatic rings. The summed E-state index contributed by atoms with van der Waals surface area (Å²) >= 11 is 0. The van der Waals surface area contributed by atoms with Crippen molar-refractivity contribution in [3.63, 3.8) is 0 Å². The van der Waals surface area contributed by atoms with Crippen LogP contribution in [0.2, 0.25) is 0 Å². The van der Waals surface area contributed by atoms with Gasteiger partial charge in [-0.05, 0) is 38.4 Å². The molecule has 1 aliphatic rings. The Bertz CT molecular complexity index is 655. The molecule has 2 aromatic heterocycles. The van der Waals surface area contributed by atoms with Crippen molar-refractivity contribution in [3.05, 3.63) is 36.2 Å². The highest BCUT2D eigenvalue weighted by Gasteiger charge is 2.24. The van der Waals surface area contributed by atoms with Crippen molar-refractivity contribution in [1.82, 2.24) is 19.8 Å². The van der Waals surface area contributed by atoms with Gasteiger partial charge in [-0.1, -0.05) is 12.5 Å². The van der Waals surface area contributed by atoms with E-state index in [9.17, 15) is 4.79 Å². The largest absolute Gasteiger partial charge is 0.448 e. The molecule has 1 aliphatic heterocycles. The Kier molecular flexibility index (Phi) is 5.12. The van der Waals surface area contributed by atoms with Crippen LogP contribution in [0.25, 0.3) is 5.52 Å². The van der Waals surface area contributed by atoms with Gasteiger partial charge in [-0.25, -0.2) is 9.31 Å². The summed E-state index contributed by atoms with van der Waals surface area (Å²) in [6, 6.07) is 6.39. The van der Waals surface area contributed by atoms with Gasteiger partial charge in [0.1, 0.15) is 6.61 Å². The number of aromatic nitrogens is 2. The molecule has 0 aromatic carbocycles. The number of pyridine rings is 1. The van der Waals surface area contributed by atoms with Gasteiger partial charge in [0.15, 0.2) is 0 Å². The third-order valence-electron chi connectivity index (χ3n) is 4.36. The van der Waals surface area contributed by atoms with Crippen LogP contribution in [-0.4, -0.2) is 46.3 Å². The van der Waals surface area contributed by atoms with Crippen molar-refractivity contribution >= 4 is 11.6 Å². The normalized spacial score (nSPS) is 18.9. The first-order valence-electron chi connectivity index (χ1n) is 8.34. The molecule has 1 amide bonds. The summed E-state index contributed by atoms with van der Waals surface area (Å²) in [5.41, 5.74) is 2.36. The van der Waals surface area contributed by atoms with Crippen LogP contribution in [-0.2, 0) is 11.3 Å². The minimum atomic E-state index is -0.325. The second-order valence-electron chi connectivity index (χ2n) is 5.95. The average Bonchev–Trinajstić information content (AvgIpc) is 2.98. The fourth-order valence-corrected chi connectivity index (χ4v) is 3.15.